The van der Waals surface area contributed by atoms with Crippen molar-refractivity contribution in [3.63, 3.8) is 0 Å². The summed E-state index contributed by atoms with van der Waals surface area (Å²) in [6.45, 7) is 2.06. The Kier molecular flexibility index (Phi) is 6.09. The van der Waals surface area contributed by atoms with Crippen LogP contribution in [0.5, 0.6) is 0 Å². The van der Waals surface area contributed by atoms with Gasteiger partial charge in [0.2, 0.25) is 0 Å². The largest absolute Gasteiger partial charge is 0.261 e. The maximum atomic E-state index is 4.45. The van der Waals surface area contributed by atoms with E-state index in [1.165, 1.54) is 76.8 Å². The summed E-state index contributed by atoms with van der Waals surface area (Å²) in [5.74, 6) is 0. The zero-order chi connectivity index (χ0) is 28.8. The second-order valence-electron chi connectivity index (χ2n) is 11.2. The summed E-state index contributed by atoms with van der Waals surface area (Å²) in [6.07, 6.45) is 1.85. The molecule has 0 radical (unpaired) electrons. The Morgan fingerprint density at radius 2 is 0.860 bits per heavy atom. The normalized spacial score (nSPS) is 11.4. The van der Waals surface area contributed by atoms with Gasteiger partial charge in [-0.3, -0.25) is 4.98 Å². The minimum atomic E-state index is 1.05. The first kappa shape index (κ1) is 25.2. The molecule has 7 aromatic carbocycles. The number of nitrogens with zero attached hydrogens (tertiary/aromatic N) is 1. The summed E-state index contributed by atoms with van der Waals surface area (Å²) in [6, 6.07) is 55.1. The summed E-state index contributed by atoms with van der Waals surface area (Å²) in [5, 5.41) is 7.59. The van der Waals surface area contributed by atoms with Gasteiger partial charge in [0.15, 0.2) is 0 Å². The molecule has 1 aromatic heterocycles. The highest BCUT2D eigenvalue weighted by molar-refractivity contribution is 6.21. The number of benzene rings is 7. The molecular weight excluding hydrogens is 518 g/mol. The van der Waals surface area contributed by atoms with Crippen molar-refractivity contribution in [1.82, 2.24) is 4.98 Å². The van der Waals surface area contributed by atoms with Crippen LogP contribution in [0.2, 0.25) is 0 Å². The van der Waals surface area contributed by atoms with Crippen molar-refractivity contribution in [1.29, 1.82) is 0 Å². The lowest BCUT2D eigenvalue weighted by Crippen LogP contribution is -1.91. The fraction of sp³-hybridized carbons (Fsp3) is 0.0238. The first-order valence-electron chi connectivity index (χ1n) is 14.8. The molecule has 0 saturated carbocycles. The van der Waals surface area contributed by atoms with Crippen molar-refractivity contribution in [2.75, 3.05) is 0 Å². The van der Waals surface area contributed by atoms with Crippen LogP contribution in [0.4, 0.5) is 0 Å². The molecule has 1 heterocycles. The molecule has 1 heteroatoms. The summed E-state index contributed by atoms with van der Waals surface area (Å²) < 4.78 is 0. The van der Waals surface area contributed by atoms with Crippen LogP contribution in [-0.4, -0.2) is 4.98 Å². The predicted molar refractivity (Wildman–Crippen MR) is 183 cm³/mol. The Balaban J connectivity index is 1.24. The van der Waals surface area contributed by atoms with Crippen molar-refractivity contribution in [3.8, 4) is 44.5 Å². The molecule has 0 spiro atoms. The van der Waals surface area contributed by atoms with Crippen molar-refractivity contribution >= 4 is 32.3 Å². The molecule has 0 unspecified atom stereocenters. The van der Waals surface area contributed by atoms with Crippen LogP contribution in [0.15, 0.2) is 158 Å². The number of pyridine rings is 1. The van der Waals surface area contributed by atoms with Crippen LogP contribution in [-0.2, 0) is 0 Å². The Bertz CT molecular complexity index is 2220. The van der Waals surface area contributed by atoms with Gasteiger partial charge in [0.1, 0.15) is 0 Å². The molecule has 0 atom stereocenters. The Labute approximate surface area is 251 Å². The minimum Gasteiger partial charge on any atom is -0.261 e. The van der Waals surface area contributed by atoms with Crippen molar-refractivity contribution in [3.05, 3.63) is 164 Å². The SMILES string of the molecule is Cc1ncccc1-c1ccc(-c2ccc3cc(-c4c5ccccc5c(-c5ccccc5)c5ccccc45)ccc3c2)cc1. The standard InChI is InChI=1S/C42H29N/c1-28-36(16-9-25-43-28)30-19-17-29(18-20-30)32-21-22-34-27-35(24-23-33(34)26-32)42-39-14-7-5-12-37(39)41(31-10-3-2-4-11-31)38-13-6-8-15-40(38)42/h2-27H,1H3. The van der Waals surface area contributed by atoms with Crippen molar-refractivity contribution in [2.45, 2.75) is 6.92 Å². The van der Waals surface area contributed by atoms with E-state index in [1.54, 1.807) is 0 Å². The van der Waals surface area contributed by atoms with E-state index >= 15 is 0 Å². The van der Waals surface area contributed by atoms with Crippen LogP contribution < -0.4 is 0 Å². The second kappa shape index (κ2) is 10.4. The van der Waals surface area contributed by atoms with Crippen LogP contribution >= 0.6 is 0 Å². The molecular formula is C42H29N. The van der Waals surface area contributed by atoms with Gasteiger partial charge in [0.05, 0.1) is 0 Å². The van der Waals surface area contributed by atoms with E-state index in [1.807, 2.05) is 12.3 Å². The van der Waals surface area contributed by atoms with Gasteiger partial charge < -0.3 is 0 Å². The molecule has 0 bridgehead atoms. The monoisotopic (exact) mass is 547 g/mol. The fourth-order valence-electron chi connectivity index (χ4n) is 6.57. The van der Waals surface area contributed by atoms with Gasteiger partial charge in [0.25, 0.3) is 0 Å². The second-order valence-corrected chi connectivity index (χ2v) is 11.2. The first-order valence-corrected chi connectivity index (χ1v) is 14.8. The molecule has 8 aromatic rings. The lowest BCUT2D eigenvalue weighted by Gasteiger charge is -2.18. The number of rotatable bonds is 4. The topological polar surface area (TPSA) is 12.9 Å². The first-order chi connectivity index (χ1) is 21.2. The average Bonchev–Trinajstić information content (AvgIpc) is 3.07. The van der Waals surface area contributed by atoms with Gasteiger partial charge in [-0.05, 0) is 96.4 Å². The number of aromatic nitrogens is 1. The summed E-state index contributed by atoms with van der Waals surface area (Å²) in [4.78, 5) is 4.45. The minimum absolute atomic E-state index is 1.05. The van der Waals surface area contributed by atoms with Crippen molar-refractivity contribution < 1.29 is 0 Å². The highest BCUT2D eigenvalue weighted by Crippen LogP contribution is 2.44. The molecule has 0 aliphatic rings. The number of fused-ring (bicyclic) bond motifs is 3. The molecule has 0 saturated heterocycles. The van der Waals surface area contributed by atoms with Crippen LogP contribution in [0.3, 0.4) is 0 Å². The molecule has 202 valence electrons. The Hall–Kier alpha value is -5.53. The molecule has 0 fully saturated rings. The van der Waals surface area contributed by atoms with E-state index in [0.717, 1.165) is 5.69 Å². The average molecular weight is 548 g/mol. The molecule has 0 aliphatic carbocycles. The summed E-state index contributed by atoms with van der Waals surface area (Å²) in [5.41, 5.74) is 10.9. The molecule has 0 aliphatic heterocycles. The molecule has 0 amide bonds. The molecule has 1 nitrogen and oxygen atoms in total. The van der Waals surface area contributed by atoms with E-state index in [2.05, 4.69) is 158 Å². The lowest BCUT2D eigenvalue weighted by atomic mass is 9.85. The van der Waals surface area contributed by atoms with Crippen molar-refractivity contribution in [2.24, 2.45) is 0 Å². The van der Waals surface area contributed by atoms with E-state index in [0.29, 0.717) is 0 Å². The fourth-order valence-corrected chi connectivity index (χ4v) is 6.57. The van der Waals surface area contributed by atoms with Gasteiger partial charge in [0, 0.05) is 17.5 Å². The van der Waals surface area contributed by atoms with E-state index in [9.17, 15) is 0 Å². The van der Waals surface area contributed by atoms with E-state index < -0.39 is 0 Å². The summed E-state index contributed by atoms with van der Waals surface area (Å²) >= 11 is 0. The third-order valence-corrected chi connectivity index (χ3v) is 8.66. The molecule has 8 rings (SSSR count). The number of hydrogen-bond donors (Lipinski definition) is 0. The van der Waals surface area contributed by atoms with Crippen LogP contribution in [0.1, 0.15) is 5.69 Å². The van der Waals surface area contributed by atoms with Gasteiger partial charge in [-0.1, -0.05) is 133 Å². The number of aryl methyl sites for hydroxylation is 1. The smallest absolute Gasteiger partial charge is 0.0450 e. The van der Waals surface area contributed by atoms with Gasteiger partial charge in [-0.25, -0.2) is 0 Å². The molecule has 43 heavy (non-hydrogen) atoms. The summed E-state index contributed by atoms with van der Waals surface area (Å²) in [7, 11) is 0. The maximum Gasteiger partial charge on any atom is 0.0450 e. The van der Waals surface area contributed by atoms with E-state index in [4.69, 9.17) is 0 Å². The van der Waals surface area contributed by atoms with Crippen LogP contribution in [0, 0.1) is 6.92 Å². The highest BCUT2D eigenvalue weighted by atomic mass is 14.7. The zero-order valence-electron chi connectivity index (χ0n) is 24.0. The third kappa shape index (κ3) is 4.38. The zero-order valence-corrected chi connectivity index (χ0v) is 24.0. The molecule has 0 N–H and O–H groups in total. The van der Waals surface area contributed by atoms with Crippen LogP contribution in [0.25, 0.3) is 76.8 Å². The predicted octanol–water partition coefficient (Wildman–Crippen LogP) is 11.5. The Morgan fingerprint density at radius 1 is 0.372 bits per heavy atom. The Morgan fingerprint density at radius 3 is 1.47 bits per heavy atom. The van der Waals surface area contributed by atoms with E-state index in [-0.39, 0.29) is 0 Å². The third-order valence-electron chi connectivity index (χ3n) is 8.66. The quantitative estimate of drug-likeness (QED) is 0.200. The van der Waals surface area contributed by atoms with Gasteiger partial charge >= 0.3 is 0 Å². The lowest BCUT2D eigenvalue weighted by molar-refractivity contribution is 1.20. The van der Waals surface area contributed by atoms with Gasteiger partial charge in [-0.2, -0.15) is 0 Å². The highest BCUT2D eigenvalue weighted by Gasteiger charge is 2.16. The van der Waals surface area contributed by atoms with Gasteiger partial charge in [-0.15, -0.1) is 0 Å². The maximum absolute atomic E-state index is 4.45. The number of hydrogen-bond acceptors (Lipinski definition) is 1.